The SMILES string of the molecule is CN1CCCN(C(=O)CN2CCNCC2)CC1=O. The van der Waals surface area contributed by atoms with Gasteiger partial charge in [0.1, 0.15) is 0 Å². The van der Waals surface area contributed by atoms with E-state index in [9.17, 15) is 9.59 Å². The van der Waals surface area contributed by atoms with E-state index in [0.29, 0.717) is 13.1 Å². The van der Waals surface area contributed by atoms with Crippen LogP contribution in [0.25, 0.3) is 0 Å². The Kier molecular flexibility index (Phi) is 4.54. The van der Waals surface area contributed by atoms with Crippen LogP contribution in [0.4, 0.5) is 0 Å². The molecule has 2 fully saturated rings. The molecule has 0 aromatic carbocycles. The van der Waals surface area contributed by atoms with Crippen molar-refractivity contribution in [3.63, 3.8) is 0 Å². The maximum Gasteiger partial charge on any atom is 0.241 e. The quantitative estimate of drug-likeness (QED) is 0.657. The molecule has 0 radical (unpaired) electrons. The highest BCUT2D eigenvalue weighted by molar-refractivity contribution is 5.86. The van der Waals surface area contributed by atoms with Gasteiger partial charge in [-0.25, -0.2) is 0 Å². The van der Waals surface area contributed by atoms with Crippen molar-refractivity contribution in [3.8, 4) is 0 Å². The Hall–Kier alpha value is -1.14. The van der Waals surface area contributed by atoms with Crippen LogP contribution in [0.2, 0.25) is 0 Å². The van der Waals surface area contributed by atoms with Gasteiger partial charge in [-0.2, -0.15) is 0 Å². The molecule has 2 rings (SSSR count). The lowest BCUT2D eigenvalue weighted by atomic mass is 10.3. The van der Waals surface area contributed by atoms with Crippen molar-refractivity contribution in [1.82, 2.24) is 20.0 Å². The molecule has 2 heterocycles. The monoisotopic (exact) mass is 254 g/mol. The summed E-state index contributed by atoms with van der Waals surface area (Å²) in [5.41, 5.74) is 0. The molecule has 0 saturated carbocycles. The molecule has 2 aliphatic heterocycles. The number of hydrogen-bond acceptors (Lipinski definition) is 4. The van der Waals surface area contributed by atoms with Gasteiger partial charge in [-0.15, -0.1) is 0 Å². The molecule has 102 valence electrons. The van der Waals surface area contributed by atoms with Crippen molar-refractivity contribution < 1.29 is 9.59 Å². The van der Waals surface area contributed by atoms with Crippen LogP contribution in [-0.4, -0.2) is 85.9 Å². The Labute approximate surface area is 108 Å². The van der Waals surface area contributed by atoms with Crippen LogP contribution >= 0.6 is 0 Å². The first kappa shape index (κ1) is 13.3. The first-order valence-corrected chi connectivity index (χ1v) is 6.61. The van der Waals surface area contributed by atoms with Gasteiger partial charge < -0.3 is 15.1 Å². The molecule has 1 N–H and O–H groups in total. The van der Waals surface area contributed by atoms with E-state index in [1.54, 1.807) is 16.8 Å². The number of amides is 2. The number of hydrogen-bond donors (Lipinski definition) is 1. The molecule has 2 saturated heterocycles. The third-order valence-corrected chi connectivity index (χ3v) is 3.59. The van der Waals surface area contributed by atoms with Crippen LogP contribution < -0.4 is 5.32 Å². The average molecular weight is 254 g/mol. The van der Waals surface area contributed by atoms with E-state index < -0.39 is 0 Å². The predicted molar refractivity (Wildman–Crippen MR) is 68.1 cm³/mol. The van der Waals surface area contributed by atoms with Crippen molar-refractivity contribution in [2.75, 3.05) is 59.4 Å². The molecule has 6 heteroatoms. The zero-order chi connectivity index (χ0) is 13.0. The molecule has 2 aliphatic rings. The van der Waals surface area contributed by atoms with Crippen LogP contribution in [-0.2, 0) is 9.59 Å². The lowest BCUT2D eigenvalue weighted by Gasteiger charge is -2.29. The zero-order valence-corrected chi connectivity index (χ0v) is 11.0. The molecule has 0 aromatic heterocycles. The fourth-order valence-corrected chi connectivity index (χ4v) is 2.36. The molecular formula is C12H22N4O2. The highest BCUT2D eigenvalue weighted by atomic mass is 16.2. The average Bonchev–Trinajstić information content (AvgIpc) is 2.53. The number of nitrogens with one attached hydrogen (secondary N) is 1. The summed E-state index contributed by atoms with van der Waals surface area (Å²) in [4.78, 5) is 29.5. The number of piperazine rings is 1. The molecule has 6 nitrogen and oxygen atoms in total. The maximum atomic E-state index is 12.2. The minimum absolute atomic E-state index is 0.0427. The normalized spacial score (nSPS) is 23.1. The number of carbonyl (C=O) groups excluding carboxylic acids is 2. The number of rotatable bonds is 2. The molecule has 0 aromatic rings. The standard InChI is InChI=1S/C12H22N4O2/c1-14-5-2-6-16(10-11(14)17)12(18)9-15-7-3-13-4-8-15/h13H,2-10H2,1H3. The Morgan fingerprint density at radius 1 is 1.22 bits per heavy atom. The van der Waals surface area contributed by atoms with Crippen LogP contribution in [0, 0.1) is 0 Å². The molecule has 18 heavy (non-hydrogen) atoms. The zero-order valence-electron chi connectivity index (χ0n) is 11.0. The van der Waals surface area contributed by atoms with E-state index in [4.69, 9.17) is 0 Å². The molecule has 0 spiro atoms. The van der Waals surface area contributed by atoms with Crippen molar-refractivity contribution in [3.05, 3.63) is 0 Å². The molecular weight excluding hydrogens is 232 g/mol. The van der Waals surface area contributed by atoms with Crippen molar-refractivity contribution in [2.45, 2.75) is 6.42 Å². The predicted octanol–water partition coefficient (Wildman–Crippen LogP) is -1.42. The molecule has 0 unspecified atom stereocenters. The van der Waals surface area contributed by atoms with E-state index in [0.717, 1.165) is 39.1 Å². The van der Waals surface area contributed by atoms with Crippen molar-refractivity contribution in [1.29, 1.82) is 0 Å². The number of carbonyl (C=O) groups is 2. The first-order valence-electron chi connectivity index (χ1n) is 6.61. The lowest BCUT2D eigenvalue weighted by Crippen LogP contribution is -2.49. The molecule has 0 atom stereocenters. The van der Waals surface area contributed by atoms with Gasteiger partial charge in [0.05, 0.1) is 13.1 Å². The summed E-state index contributed by atoms with van der Waals surface area (Å²) >= 11 is 0. The Morgan fingerprint density at radius 2 is 1.94 bits per heavy atom. The highest BCUT2D eigenvalue weighted by Gasteiger charge is 2.24. The Balaban J connectivity index is 1.85. The minimum Gasteiger partial charge on any atom is -0.344 e. The summed E-state index contributed by atoms with van der Waals surface area (Å²) < 4.78 is 0. The van der Waals surface area contributed by atoms with Gasteiger partial charge in [0.25, 0.3) is 0 Å². The van der Waals surface area contributed by atoms with E-state index in [1.165, 1.54) is 0 Å². The second kappa shape index (κ2) is 6.15. The lowest BCUT2D eigenvalue weighted by molar-refractivity contribution is -0.138. The Morgan fingerprint density at radius 3 is 2.67 bits per heavy atom. The Bertz CT molecular complexity index is 315. The summed E-state index contributed by atoms with van der Waals surface area (Å²) in [6.07, 6.45) is 0.871. The smallest absolute Gasteiger partial charge is 0.241 e. The summed E-state index contributed by atoms with van der Waals surface area (Å²) in [6, 6.07) is 0. The fraction of sp³-hybridized carbons (Fsp3) is 0.833. The van der Waals surface area contributed by atoms with Crippen LogP contribution in [0.3, 0.4) is 0 Å². The largest absolute Gasteiger partial charge is 0.344 e. The topological polar surface area (TPSA) is 55.9 Å². The van der Waals surface area contributed by atoms with Crippen LogP contribution in [0.15, 0.2) is 0 Å². The van der Waals surface area contributed by atoms with E-state index in [2.05, 4.69) is 10.2 Å². The van der Waals surface area contributed by atoms with E-state index in [1.807, 2.05) is 0 Å². The maximum absolute atomic E-state index is 12.2. The van der Waals surface area contributed by atoms with Gasteiger partial charge in [-0.1, -0.05) is 0 Å². The summed E-state index contributed by atoms with van der Waals surface area (Å²) in [6.45, 7) is 5.82. The van der Waals surface area contributed by atoms with Gasteiger partial charge in [0, 0.05) is 46.3 Å². The van der Waals surface area contributed by atoms with Gasteiger partial charge in [-0.3, -0.25) is 14.5 Å². The number of likely N-dealkylation sites (N-methyl/N-ethyl adjacent to an activating group) is 1. The summed E-state index contributed by atoms with van der Waals surface area (Å²) in [5, 5.41) is 3.26. The molecule has 2 amide bonds. The molecule has 0 aliphatic carbocycles. The van der Waals surface area contributed by atoms with Gasteiger partial charge >= 0.3 is 0 Å². The third kappa shape index (κ3) is 3.43. The fourth-order valence-electron chi connectivity index (χ4n) is 2.36. The number of nitrogens with zero attached hydrogens (tertiary/aromatic N) is 3. The second-order valence-corrected chi connectivity index (χ2v) is 5.01. The van der Waals surface area contributed by atoms with Crippen LogP contribution in [0.5, 0.6) is 0 Å². The van der Waals surface area contributed by atoms with Crippen LogP contribution in [0.1, 0.15) is 6.42 Å². The third-order valence-electron chi connectivity index (χ3n) is 3.59. The van der Waals surface area contributed by atoms with E-state index in [-0.39, 0.29) is 18.4 Å². The second-order valence-electron chi connectivity index (χ2n) is 5.01. The summed E-state index contributed by atoms with van der Waals surface area (Å²) in [7, 11) is 1.80. The van der Waals surface area contributed by atoms with Gasteiger partial charge in [0.15, 0.2) is 0 Å². The van der Waals surface area contributed by atoms with Gasteiger partial charge in [0.2, 0.25) is 11.8 Å². The highest BCUT2D eigenvalue weighted by Crippen LogP contribution is 2.04. The van der Waals surface area contributed by atoms with Crippen molar-refractivity contribution >= 4 is 11.8 Å². The van der Waals surface area contributed by atoms with E-state index >= 15 is 0 Å². The first-order chi connectivity index (χ1) is 8.66. The van der Waals surface area contributed by atoms with Gasteiger partial charge in [-0.05, 0) is 6.42 Å². The summed E-state index contributed by atoms with van der Waals surface area (Å²) in [5.74, 6) is 0.127. The van der Waals surface area contributed by atoms with Crippen molar-refractivity contribution in [2.24, 2.45) is 0 Å². The molecule has 0 bridgehead atoms. The minimum atomic E-state index is 0.0427.